The van der Waals surface area contributed by atoms with Crippen molar-refractivity contribution in [3.63, 3.8) is 0 Å². The van der Waals surface area contributed by atoms with Crippen LogP contribution in [0.5, 0.6) is 11.5 Å². The lowest BCUT2D eigenvalue weighted by Gasteiger charge is -2.38. The van der Waals surface area contributed by atoms with Gasteiger partial charge in [0.1, 0.15) is 5.75 Å². The highest BCUT2D eigenvalue weighted by Gasteiger charge is 2.50. The Morgan fingerprint density at radius 3 is 2.81 bits per heavy atom. The third-order valence-corrected chi connectivity index (χ3v) is 4.36. The Labute approximate surface area is 151 Å². The van der Waals surface area contributed by atoms with E-state index in [1.54, 1.807) is 25.4 Å². The first kappa shape index (κ1) is 17.7. The number of nitrogens with zero attached hydrogens (tertiary/aromatic N) is 2. The summed E-state index contributed by atoms with van der Waals surface area (Å²) in [7, 11) is 1.57. The Bertz CT molecular complexity index is 839. The molecular weight excluding hydrogens is 334 g/mol. The molecule has 0 aliphatic carbocycles. The molecule has 7 heteroatoms. The number of hydrogen-bond acceptors (Lipinski definition) is 5. The third kappa shape index (κ3) is 2.96. The lowest BCUT2D eigenvalue weighted by atomic mass is 10.0. The maximum Gasteiger partial charge on any atom is 0.282 e. The van der Waals surface area contributed by atoms with E-state index >= 15 is 0 Å². The summed E-state index contributed by atoms with van der Waals surface area (Å²) in [6, 6.07) is 10.8. The number of carbonyl (C=O) groups is 2. The maximum atomic E-state index is 12.9. The van der Waals surface area contributed by atoms with E-state index in [0.29, 0.717) is 23.9 Å². The molecule has 0 radical (unpaired) electrons. The van der Waals surface area contributed by atoms with Crippen molar-refractivity contribution in [3.8, 4) is 11.5 Å². The van der Waals surface area contributed by atoms with Gasteiger partial charge in [-0.05, 0) is 32.0 Å². The average molecular weight is 355 g/mol. The standard InChI is InChI=1S/C19H21N3O4/c1-4-22-16-15(10-7-11-20-16)26-19(2,18(22)24)17(23)21-12-13-8-5-6-9-14(13)25-3/h5-11H,4,12H2,1-3H3,(H,21,23). The second-order valence-corrected chi connectivity index (χ2v) is 6.00. The van der Waals surface area contributed by atoms with Crippen LogP contribution in [0.2, 0.25) is 0 Å². The zero-order chi connectivity index (χ0) is 18.7. The number of aromatic nitrogens is 1. The van der Waals surface area contributed by atoms with Gasteiger partial charge in [-0.3, -0.25) is 14.5 Å². The smallest absolute Gasteiger partial charge is 0.282 e. The molecule has 2 heterocycles. The molecule has 1 unspecified atom stereocenters. The van der Waals surface area contributed by atoms with Gasteiger partial charge in [0.15, 0.2) is 11.6 Å². The molecule has 3 rings (SSSR count). The van der Waals surface area contributed by atoms with E-state index in [9.17, 15) is 9.59 Å². The molecule has 26 heavy (non-hydrogen) atoms. The molecule has 2 aromatic rings. The highest BCUT2D eigenvalue weighted by molar-refractivity contribution is 6.16. The van der Waals surface area contributed by atoms with E-state index in [4.69, 9.17) is 9.47 Å². The van der Waals surface area contributed by atoms with Crippen LogP contribution in [0, 0.1) is 0 Å². The summed E-state index contributed by atoms with van der Waals surface area (Å²) in [5, 5.41) is 2.78. The summed E-state index contributed by atoms with van der Waals surface area (Å²) in [6.07, 6.45) is 1.59. The number of ether oxygens (including phenoxy) is 2. The fourth-order valence-electron chi connectivity index (χ4n) is 2.91. The van der Waals surface area contributed by atoms with Gasteiger partial charge in [-0.25, -0.2) is 4.98 Å². The van der Waals surface area contributed by atoms with Crippen LogP contribution in [0.4, 0.5) is 5.82 Å². The summed E-state index contributed by atoms with van der Waals surface area (Å²) in [4.78, 5) is 31.4. The number of likely N-dealkylation sites (N-methyl/N-ethyl adjacent to an activating group) is 1. The number of rotatable bonds is 5. The minimum absolute atomic E-state index is 0.223. The maximum absolute atomic E-state index is 12.9. The molecule has 0 spiro atoms. The summed E-state index contributed by atoms with van der Waals surface area (Å²) in [5.74, 6) is 0.544. The van der Waals surface area contributed by atoms with Gasteiger partial charge in [-0.2, -0.15) is 0 Å². The van der Waals surface area contributed by atoms with Crippen molar-refractivity contribution in [2.24, 2.45) is 0 Å². The average Bonchev–Trinajstić information content (AvgIpc) is 2.67. The fraction of sp³-hybridized carbons (Fsp3) is 0.316. The number of benzene rings is 1. The van der Waals surface area contributed by atoms with Gasteiger partial charge in [0.05, 0.1) is 7.11 Å². The van der Waals surface area contributed by atoms with E-state index in [1.165, 1.54) is 11.8 Å². The van der Waals surface area contributed by atoms with Crippen LogP contribution in [-0.4, -0.2) is 36.1 Å². The molecule has 0 saturated heterocycles. The van der Waals surface area contributed by atoms with Crippen molar-refractivity contribution >= 4 is 17.6 Å². The number of amides is 2. The number of nitrogens with one attached hydrogen (secondary N) is 1. The van der Waals surface area contributed by atoms with Gasteiger partial charge in [0.2, 0.25) is 0 Å². The Morgan fingerprint density at radius 2 is 2.08 bits per heavy atom. The number of pyridine rings is 1. The molecule has 0 saturated carbocycles. The van der Waals surface area contributed by atoms with Gasteiger partial charge in [0, 0.05) is 24.8 Å². The number of para-hydroxylation sites is 1. The summed E-state index contributed by atoms with van der Waals surface area (Å²) < 4.78 is 11.1. The molecule has 136 valence electrons. The van der Waals surface area contributed by atoms with E-state index in [1.807, 2.05) is 31.2 Å². The molecular formula is C19H21N3O4. The first-order valence-corrected chi connectivity index (χ1v) is 8.37. The highest BCUT2D eigenvalue weighted by atomic mass is 16.5. The Morgan fingerprint density at radius 1 is 1.31 bits per heavy atom. The molecule has 2 amide bonds. The molecule has 1 aromatic carbocycles. The zero-order valence-corrected chi connectivity index (χ0v) is 15.0. The lowest BCUT2D eigenvalue weighted by Crippen LogP contribution is -2.62. The van der Waals surface area contributed by atoms with Crippen molar-refractivity contribution in [2.45, 2.75) is 26.0 Å². The summed E-state index contributed by atoms with van der Waals surface area (Å²) in [6.45, 7) is 3.92. The Kier molecular flexibility index (Phi) is 4.79. The number of anilines is 1. The molecule has 0 fully saturated rings. The largest absolute Gasteiger partial charge is 0.496 e. The minimum atomic E-state index is -1.66. The van der Waals surface area contributed by atoms with Crippen molar-refractivity contribution in [3.05, 3.63) is 48.2 Å². The van der Waals surface area contributed by atoms with Crippen LogP contribution in [0.3, 0.4) is 0 Å². The molecule has 1 atom stereocenters. The van der Waals surface area contributed by atoms with E-state index in [-0.39, 0.29) is 6.54 Å². The monoisotopic (exact) mass is 355 g/mol. The molecule has 1 aromatic heterocycles. The van der Waals surface area contributed by atoms with E-state index in [0.717, 1.165) is 5.56 Å². The molecule has 1 N–H and O–H groups in total. The van der Waals surface area contributed by atoms with Crippen LogP contribution in [0.25, 0.3) is 0 Å². The van der Waals surface area contributed by atoms with Gasteiger partial charge in [-0.15, -0.1) is 0 Å². The van der Waals surface area contributed by atoms with Crippen LogP contribution in [0.1, 0.15) is 19.4 Å². The van der Waals surface area contributed by atoms with Crippen LogP contribution < -0.4 is 19.7 Å². The topological polar surface area (TPSA) is 80.8 Å². The summed E-state index contributed by atoms with van der Waals surface area (Å²) in [5.41, 5.74) is -0.849. The Hall–Kier alpha value is -3.09. The van der Waals surface area contributed by atoms with Crippen molar-refractivity contribution < 1.29 is 19.1 Å². The normalized spacial score (nSPS) is 18.7. The van der Waals surface area contributed by atoms with E-state index < -0.39 is 17.4 Å². The second-order valence-electron chi connectivity index (χ2n) is 6.00. The number of methoxy groups -OCH3 is 1. The van der Waals surface area contributed by atoms with Gasteiger partial charge < -0.3 is 14.8 Å². The predicted molar refractivity (Wildman–Crippen MR) is 96.1 cm³/mol. The van der Waals surface area contributed by atoms with Crippen molar-refractivity contribution in [1.29, 1.82) is 0 Å². The number of fused-ring (bicyclic) bond motifs is 1. The molecule has 1 aliphatic rings. The van der Waals surface area contributed by atoms with Crippen molar-refractivity contribution in [1.82, 2.24) is 10.3 Å². The minimum Gasteiger partial charge on any atom is -0.496 e. The Balaban J connectivity index is 1.83. The third-order valence-electron chi connectivity index (χ3n) is 4.36. The first-order valence-electron chi connectivity index (χ1n) is 8.37. The second kappa shape index (κ2) is 7.03. The molecule has 0 bridgehead atoms. The van der Waals surface area contributed by atoms with Gasteiger partial charge in [-0.1, -0.05) is 18.2 Å². The number of hydrogen-bond donors (Lipinski definition) is 1. The predicted octanol–water partition coefficient (Wildman–Crippen LogP) is 1.91. The van der Waals surface area contributed by atoms with E-state index in [2.05, 4.69) is 10.3 Å². The van der Waals surface area contributed by atoms with Gasteiger partial charge >= 0.3 is 0 Å². The summed E-state index contributed by atoms with van der Waals surface area (Å²) >= 11 is 0. The van der Waals surface area contributed by atoms with Crippen LogP contribution in [-0.2, 0) is 16.1 Å². The van der Waals surface area contributed by atoms with Crippen LogP contribution >= 0.6 is 0 Å². The van der Waals surface area contributed by atoms with Gasteiger partial charge in [0.25, 0.3) is 17.4 Å². The molecule has 1 aliphatic heterocycles. The first-order chi connectivity index (χ1) is 12.5. The SMILES string of the molecule is CCN1C(=O)C(C)(C(=O)NCc2ccccc2OC)Oc2cccnc21. The zero-order valence-electron chi connectivity index (χ0n) is 15.0. The lowest BCUT2D eigenvalue weighted by molar-refractivity contribution is -0.148. The number of carbonyl (C=O) groups excluding carboxylic acids is 2. The quantitative estimate of drug-likeness (QED) is 0.829. The molecule has 7 nitrogen and oxygen atoms in total. The fourth-order valence-corrected chi connectivity index (χ4v) is 2.91. The van der Waals surface area contributed by atoms with Crippen LogP contribution in [0.15, 0.2) is 42.6 Å². The van der Waals surface area contributed by atoms with Crippen molar-refractivity contribution in [2.75, 3.05) is 18.6 Å². The highest BCUT2D eigenvalue weighted by Crippen LogP contribution is 2.35.